The fraction of sp³-hybridized carbons (Fsp3) is 0.429. The normalized spacial score (nSPS) is 18.5. The van der Waals surface area contributed by atoms with E-state index in [1.54, 1.807) is 7.11 Å². The highest BCUT2D eigenvalue weighted by molar-refractivity contribution is 8.15. The summed E-state index contributed by atoms with van der Waals surface area (Å²) in [5, 5.41) is 2.37. The van der Waals surface area contributed by atoms with E-state index in [2.05, 4.69) is 5.32 Å². The molecule has 0 bridgehead atoms. The highest BCUT2D eigenvalue weighted by Crippen LogP contribution is 2.28. The van der Waals surface area contributed by atoms with Crippen LogP contribution in [0, 0.1) is 0 Å². The summed E-state index contributed by atoms with van der Waals surface area (Å²) in [6.45, 7) is 2.53. The third-order valence-electron chi connectivity index (χ3n) is 3.05. The molecule has 20 heavy (non-hydrogen) atoms. The molecule has 1 atom stereocenters. The molecular formula is C14H18N2O3S. The van der Waals surface area contributed by atoms with Crippen molar-refractivity contribution in [3.05, 3.63) is 24.3 Å². The Morgan fingerprint density at radius 2 is 2.00 bits per heavy atom. The van der Waals surface area contributed by atoms with Crippen molar-refractivity contribution < 1.29 is 14.3 Å². The van der Waals surface area contributed by atoms with Gasteiger partial charge in [-0.05, 0) is 42.4 Å². The van der Waals surface area contributed by atoms with Gasteiger partial charge in [0, 0.05) is 12.2 Å². The Hall–Kier alpha value is -1.69. The van der Waals surface area contributed by atoms with Crippen molar-refractivity contribution in [1.82, 2.24) is 4.90 Å². The van der Waals surface area contributed by atoms with Crippen LogP contribution in [0.15, 0.2) is 24.3 Å². The lowest BCUT2D eigenvalue weighted by Gasteiger charge is -2.14. The van der Waals surface area contributed by atoms with Crippen LogP contribution in [-0.4, -0.2) is 35.1 Å². The number of anilines is 1. The molecule has 0 radical (unpaired) electrons. The van der Waals surface area contributed by atoms with Crippen molar-refractivity contribution >= 4 is 28.6 Å². The molecule has 1 heterocycles. The second-order valence-electron chi connectivity index (χ2n) is 4.48. The molecule has 1 aliphatic heterocycles. The molecule has 1 aromatic rings. The maximum atomic E-state index is 12.1. The smallest absolute Gasteiger partial charge is 0.290 e. The molecule has 0 saturated carbocycles. The Balaban J connectivity index is 1.99. The lowest BCUT2D eigenvalue weighted by Crippen LogP contribution is -2.35. The molecule has 0 unspecified atom stereocenters. The van der Waals surface area contributed by atoms with Gasteiger partial charge in [-0.15, -0.1) is 0 Å². The van der Waals surface area contributed by atoms with Crippen molar-refractivity contribution in [3.8, 4) is 5.75 Å². The first-order valence-electron chi connectivity index (χ1n) is 6.58. The number of benzene rings is 1. The average Bonchev–Trinajstić information content (AvgIpc) is 2.72. The number of methoxy groups -OCH3 is 1. The summed E-state index contributed by atoms with van der Waals surface area (Å²) in [5.74, 6) is 0.589. The number of unbranched alkanes of at least 4 members (excludes halogenated alkanes) is 1. The molecular weight excluding hydrogens is 276 g/mol. The van der Waals surface area contributed by atoms with E-state index < -0.39 is 5.37 Å². The summed E-state index contributed by atoms with van der Waals surface area (Å²) >= 11 is 1.03. The Morgan fingerprint density at radius 1 is 1.30 bits per heavy atom. The van der Waals surface area contributed by atoms with Crippen LogP contribution in [0.2, 0.25) is 0 Å². The third-order valence-corrected chi connectivity index (χ3v) is 4.03. The number of hydrogen-bond acceptors (Lipinski definition) is 5. The topological polar surface area (TPSA) is 58.6 Å². The van der Waals surface area contributed by atoms with E-state index in [0.717, 1.165) is 36.0 Å². The van der Waals surface area contributed by atoms with Crippen molar-refractivity contribution in [2.45, 2.75) is 25.1 Å². The molecule has 108 valence electrons. The molecule has 1 fully saturated rings. The first-order valence-corrected chi connectivity index (χ1v) is 7.46. The lowest BCUT2D eigenvalue weighted by atomic mass is 10.3. The molecule has 1 saturated heterocycles. The molecule has 1 aromatic carbocycles. The van der Waals surface area contributed by atoms with Gasteiger partial charge in [-0.25, -0.2) is 0 Å². The summed E-state index contributed by atoms with van der Waals surface area (Å²) in [4.78, 5) is 25.3. The van der Waals surface area contributed by atoms with Crippen LogP contribution in [0.1, 0.15) is 19.8 Å². The first-order chi connectivity index (χ1) is 9.65. The molecule has 2 rings (SSSR count). The predicted molar refractivity (Wildman–Crippen MR) is 80.0 cm³/mol. The van der Waals surface area contributed by atoms with Gasteiger partial charge < -0.3 is 10.1 Å². The van der Waals surface area contributed by atoms with Gasteiger partial charge in [-0.2, -0.15) is 0 Å². The number of nitrogens with one attached hydrogen (secondary N) is 1. The molecule has 6 heteroatoms. The zero-order chi connectivity index (χ0) is 14.5. The highest BCUT2D eigenvalue weighted by Gasteiger charge is 2.39. The van der Waals surface area contributed by atoms with Crippen molar-refractivity contribution in [1.29, 1.82) is 0 Å². The summed E-state index contributed by atoms with van der Waals surface area (Å²) in [6.07, 6.45) is 1.80. The monoisotopic (exact) mass is 294 g/mol. The standard InChI is InChI=1S/C14H18N2O3S/c1-3-4-9-16-13(17)12(20-14(16)18)15-10-5-7-11(19-2)8-6-10/h5-8,12,15H,3-4,9H2,1-2H3/t12-/m0/s1. The zero-order valence-corrected chi connectivity index (χ0v) is 12.4. The van der Waals surface area contributed by atoms with Crippen LogP contribution in [0.3, 0.4) is 0 Å². The Bertz CT molecular complexity index is 490. The minimum Gasteiger partial charge on any atom is -0.497 e. The van der Waals surface area contributed by atoms with Gasteiger partial charge >= 0.3 is 0 Å². The van der Waals surface area contributed by atoms with E-state index in [1.165, 1.54) is 4.90 Å². The van der Waals surface area contributed by atoms with Crippen LogP contribution in [0.5, 0.6) is 5.75 Å². The molecule has 5 nitrogen and oxygen atoms in total. The highest BCUT2D eigenvalue weighted by atomic mass is 32.2. The maximum absolute atomic E-state index is 12.1. The molecule has 2 amide bonds. The van der Waals surface area contributed by atoms with Crippen LogP contribution >= 0.6 is 11.8 Å². The van der Waals surface area contributed by atoms with E-state index >= 15 is 0 Å². The van der Waals surface area contributed by atoms with Gasteiger partial charge in [0.25, 0.3) is 11.1 Å². The fourth-order valence-corrected chi connectivity index (χ4v) is 2.83. The second-order valence-corrected chi connectivity index (χ2v) is 5.54. The molecule has 1 aliphatic rings. The van der Waals surface area contributed by atoms with Gasteiger partial charge in [0.15, 0.2) is 5.37 Å². The van der Waals surface area contributed by atoms with E-state index in [0.29, 0.717) is 6.54 Å². The number of carbonyl (C=O) groups excluding carboxylic acids is 2. The van der Waals surface area contributed by atoms with Crippen LogP contribution in [-0.2, 0) is 4.79 Å². The number of thioether (sulfide) groups is 1. The van der Waals surface area contributed by atoms with Gasteiger partial charge in [0.1, 0.15) is 5.75 Å². The Labute approximate surface area is 122 Å². The summed E-state index contributed by atoms with van der Waals surface area (Å²) < 4.78 is 5.08. The van der Waals surface area contributed by atoms with Crippen LogP contribution in [0.4, 0.5) is 10.5 Å². The summed E-state index contributed by atoms with van der Waals surface area (Å²) in [7, 11) is 1.60. The quantitative estimate of drug-likeness (QED) is 0.874. The molecule has 0 aromatic heterocycles. The molecule has 1 N–H and O–H groups in total. The van der Waals surface area contributed by atoms with Gasteiger partial charge in [-0.1, -0.05) is 13.3 Å². The largest absolute Gasteiger partial charge is 0.497 e. The lowest BCUT2D eigenvalue weighted by molar-refractivity contribution is -0.126. The van der Waals surface area contributed by atoms with E-state index in [9.17, 15) is 9.59 Å². The van der Waals surface area contributed by atoms with E-state index in [-0.39, 0.29) is 11.1 Å². The predicted octanol–water partition coefficient (Wildman–Crippen LogP) is 2.93. The van der Waals surface area contributed by atoms with Crippen molar-refractivity contribution in [3.63, 3.8) is 0 Å². The van der Waals surface area contributed by atoms with E-state index in [4.69, 9.17) is 4.74 Å². The first kappa shape index (κ1) is 14.7. The number of imide groups is 1. The van der Waals surface area contributed by atoms with Crippen LogP contribution in [0.25, 0.3) is 0 Å². The molecule has 0 aliphatic carbocycles. The van der Waals surface area contributed by atoms with E-state index in [1.807, 2.05) is 31.2 Å². The third kappa shape index (κ3) is 3.25. The summed E-state index contributed by atoms with van der Waals surface area (Å²) in [6, 6.07) is 7.27. The van der Waals surface area contributed by atoms with Gasteiger partial charge in [0.2, 0.25) is 0 Å². The molecule has 0 spiro atoms. The zero-order valence-electron chi connectivity index (χ0n) is 11.6. The summed E-state index contributed by atoms with van der Waals surface area (Å²) in [5.41, 5.74) is 0.793. The minimum absolute atomic E-state index is 0.163. The number of hydrogen-bond donors (Lipinski definition) is 1. The van der Waals surface area contributed by atoms with Crippen molar-refractivity contribution in [2.24, 2.45) is 0 Å². The SMILES string of the molecule is CCCCN1C(=O)S[C@H](Nc2ccc(OC)cc2)C1=O. The number of ether oxygens (including phenoxy) is 1. The second kappa shape index (κ2) is 6.65. The number of nitrogens with zero attached hydrogens (tertiary/aromatic N) is 1. The fourth-order valence-electron chi connectivity index (χ4n) is 1.89. The average molecular weight is 294 g/mol. The number of rotatable bonds is 6. The maximum Gasteiger partial charge on any atom is 0.290 e. The number of amides is 2. The van der Waals surface area contributed by atoms with Crippen LogP contribution < -0.4 is 10.1 Å². The van der Waals surface area contributed by atoms with Gasteiger partial charge in [0.05, 0.1) is 7.11 Å². The number of carbonyl (C=O) groups is 2. The van der Waals surface area contributed by atoms with Gasteiger partial charge in [-0.3, -0.25) is 14.5 Å². The Morgan fingerprint density at radius 3 is 2.60 bits per heavy atom. The minimum atomic E-state index is -0.534. The van der Waals surface area contributed by atoms with Crippen molar-refractivity contribution in [2.75, 3.05) is 19.0 Å². The Kier molecular flexibility index (Phi) is 4.89.